The molecule has 3 rings (SSSR count). The highest BCUT2D eigenvalue weighted by molar-refractivity contribution is 6.40. The van der Waals surface area contributed by atoms with Crippen molar-refractivity contribution in [2.24, 2.45) is 0 Å². The molecule has 1 aromatic carbocycles. The van der Waals surface area contributed by atoms with Crippen LogP contribution in [-0.4, -0.2) is 25.8 Å². The number of hydrogen-bond acceptors (Lipinski definition) is 6. The molecule has 0 atom stereocenters. The average Bonchev–Trinajstić information content (AvgIpc) is 3.19. The largest absolute Gasteiger partial charge is 0.389 e. The summed E-state index contributed by atoms with van der Waals surface area (Å²) in [6, 6.07) is 6.07. The van der Waals surface area contributed by atoms with E-state index in [0.29, 0.717) is 11.3 Å². The van der Waals surface area contributed by atoms with Gasteiger partial charge in [-0.1, -0.05) is 34.4 Å². The maximum atomic E-state index is 12.6. The van der Waals surface area contributed by atoms with E-state index in [4.69, 9.17) is 27.7 Å². The minimum Gasteiger partial charge on any atom is -0.361 e. The number of rotatable bonds is 5. The van der Waals surface area contributed by atoms with E-state index in [0.717, 1.165) is 0 Å². The molecule has 0 aliphatic heterocycles. The van der Waals surface area contributed by atoms with Crippen molar-refractivity contribution in [1.29, 1.82) is 0 Å². The van der Waals surface area contributed by atoms with Gasteiger partial charge in [-0.15, -0.1) is 0 Å². The fraction of sp³-hybridized carbons (Fsp3) is 0.133. The van der Waals surface area contributed by atoms with E-state index in [2.05, 4.69) is 15.6 Å². The molecule has 2 aromatic heterocycles. The van der Waals surface area contributed by atoms with Gasteiger partial charge < -0.3 is 20.0 Å². The second-order valence-corrected chi connectivity index (χ2v) is 6.06. The predicted molar refractivity (Wildman–Crippen MR) is 93.6 cm³/mol. The van der Waals surface area contributed by atoms with Crippen LogP contribution in [0.25, 0.3) is 0 Å². The molecule has 0 spiro atoms. The SMILES string of the molecule is Cc1onc(C(=O)Nc2c(Cl)cccc2Cl)c1Cn1ccc([N+](=O)[O-])n1. The summed E-state index contributed by atoms with van der Waals surface area (Å²) in [7, 11) is 0. The van der Waals surface area contributed by atoms with Crippen LogP contribution in [0, 0.1) is 17.0 Å². The molecule has 3 aromatic rings. The molecule has 0 saturated heterocycles. The molecule has 1 N–H and O–H groups in total. The number of anilines is 1. The van der Waals surface area contributed by atoms with Crippen LogP contribution in [0.3, 0.4) is 0 Å². The molecule has 0 radical (unpaired) electrons. The molecule has 0 saturated carbocycles. The fourth-order valence-electron chi connectivity index (χ4n) is 2.24. The van der Waals surface area contributed by atoms with Gasteiger partial charge in [0.2, 0.25) is 0 Å². The van der Waals surface area contributed by atoms with Crippen molar-refractivity contribution in [1.82, 2.24) is 14.9 Å². The Morgan fingerprint density at radius 1 is 1.35 bits per heavy atom. The number of nitrogens with zero attached hydrogens (tertiary/aromatic N) is 4. The monoisotopic (exact) mass is 395 g/mol. The lowest BCUT2D eigenvalue weighted by Crippen LogP contribution is -2.16. The lowest BCUT2D eigenvalue weighted by molar-refractivity contribution is -0.389. The summed E-state index contributed by atoms with van der Waals surface area (Å²) in [6.45, 7) is 1.70. The van der Waals surface area contributed by atoms with Crippen molar-refractivity contribution >= 4 is 40.6 Å². The molecule has 9 nitrogen and oxygen atoms in total. The second-order valence-electron chi connectivity index (χ2n) is 5.25. The summed E-state index contributed by atoms with van der Waals surface area (Å²) in [5, 5.41) is 21.5. The van der Waals surface area contributed by atoms with E-state index in [-0.39, 0.29) is 33.8 Å². The van der Waals surface area contributed by atoms with Gasteiger partial charge in [0.05, 0.1) is 45.2 Å². The Morgan fingerprint density at radius 3 is 2.65 bits per heavy atom. The second kappa shape index (κ2) is 7.14. The van der Waals surface area contributed by atoms with Crippen molar-refractivity contribution in [3.63, 3.8) is 0 Å². The number of hydrogen-bond donors (Lipinski definition) is 1. The maximum absolute atomic E-state index is 12.6. The Bertz CT molecular complexity index is 978. The van der Waals surface area contributed by atoms with Crippen LogP contribution in [0.5, 0.6) is 0 Å². The summed E-state index contributed by atoms with van der Waals surface area (Å²) < 4.78 is 6.41. The average molecular weight is 396 g/mol. The summed E-state index contributed by atoms with van der Waals surface area (Å²) in [4.78, 5) is 22.7. The number of carbonyl (C=O) groups excluding carboxylic acids is 1. The standard InChI is InChI=1S/C15H11Cl2N5O4/c1-8-9(7-21-6-5-12(19-21)22(24)25)13(20-26-8)15(23)18-14-10(16)3-2-4-11(14)17/h2-6H,7H2,1H3,(H,18,23). The lowest BCUT2D eigenvalue weighted by atomic mass is 10.2. The first-order valence-corrected chi connectivity index (χ1v) is 8.00. The molecule has 0 fully saturated rings. The van der Waals surface area contributed by atoms with Gasteiger partial charge in [0.15, 0.2) is 5.69 Å². The molecule has 0 bridgehead atoms. The highest BCUT2D eigenvalue weighted by Crippen LogP contribution is 2.30. The van der Waals surface area contributed by atoms with Crippen molar-refractivity contribution in [3.8, 4) is 0 Å². The van der Waals surface area contributed by atoms with E-state index in [1.807, 2.05) is 0 Å². The number of benzene rings is 1. The molecule has 26 heavy (non-hydrogen) atoms. The first kappa shape index (κ1) is 17.9. The molecule has 0 aliphatic rings. The molecule has 1 amide bonds. The van der Waals surface area contributed by atoms with Crippen LogP contribution >= 0.6 is 23.2 Å². The number of aromatic nitrogens is 3. The number of carbonyl (C=O) groups is 1. The topological polar surface area (TPSA) is 116 Å². The molecule has 11 heteroatoms. The van der Waals surface area contributed by atoms with E-state index >= 15 is 0 Å². The van der Waals surface area contributed by atoms with Crippen LogP contribution in [-0.2, 0) is 6.54 Å². The van der Waals surface area contributed by atoms with E-state index < -0.39 is 10.8 Å². The zero-order valence-corrected chi connectivity index (χ0v) is 14.8. The third-order valence-electron chi connectivity index (χ3n) is 3.53. The van der Waals surface area contributed by atoms with Crippen molar-refractivity contribution in [3.05, 3.63) is 67.6 Å². The summed E-state index contributed by atoms with van der Waals surface area (Å²) >= 11 is 12.1. The predicted octanol–water partition coefficient (Wildman–Crippen LogP) is 3.70. The minimum absolute atomic E-state index is 0.0108. The maximum Gasteiger partial charge on any atom is 0.389 e. The van der Waals surface area contributed by atoms with Gasteiger partial charge in [-0.3, -0.25) is 4.79 Å². The van der Waals surface area contributed by atoms with Gasteiger partial charge in [-0.05, 0) is 24.0 Å². The van der Waals surface area contributed by atoms with E-state index in [1.165, 1.54) is 16.9 Å². The van der Waals surface area contributed by atoms with Crippen LogP contribution in [0.15, 0.2) is 35.0 Å². The van der Waals surface area contributed by atoms with E-state index in [1.54, 1.807) is 25.1 Å². The summed E-state index contributed by atoms with van der Waals surface area (Å²) in [5.74, 6) is -0.486. The van der Waals surface area contributed by atoms with Crippen LogP contribution in [0.2, 0.25) is 10.0 Å². The lowest BCUT2D eigenvalue weighted by Gasteiger charge is -2.08. The Hall–Kier alpha value is -2.91. The van der Waals surface area contributed by atoms with Crippen molar-refractivity contribution in [2.45, 2.75) is 13.5 Å². The van der Waals surface area contributed by atoms with Crippen LogP contribution in [0.1, 0.15) is 21.8 Å². The van der Waals surface area contributed by atoms with Gasteiger partial charge >= 0.3 is 5.82 Å². The minimum atomic E-state index is -0.607. The number of para-hydroxylation sites is 1. The molecule has 0 unspecified atom stereocenters. The summed E-state index contributed by atoms with van der Waals surface area (Å²) in [5.41, 5.74) is 0.697. The zero-order valence-electron chi connectivity index (χ0n) is 13.3. The molecular formula is C15H11Cl2N5O4. The zero-order chi connectivity index (χ0) is 18.8. The van der Waals surface area contributed by atoms with Gasteiger partial charge in [0, 0.05) is 0 Å². The van der Waals surface area contributed by atoms with E-state index in [9.17, 15) is 14.9 Å². The van der Waals surface area contributed by atoms with Gasteiger partial charge in [-0.2, -0.15) is 4.68 Å². The number of halogens is 2. The molecule has 0 aliphatic carbocycles. The quantitative estimate of drug-likeness (QED) is 0.519. The molecule has 2 heterocycles. The first-order chi connectivity index (χ1) is 12.4. The smallest absolute Gasteiger partial charge is 0.361 e. The Labute approximate surface area is 156 Å². The van der Waals surface area contributed by atoms with Gasteiger partial charge in [0.25, 0.3) is 5.91 Å². The van der Waals surface area contributed by atoms with Crippen molar-refractivity contribution < 1.29 is 14.2 Å². The number of nitro groups is 1. The van der Waals surface area contributed by atoms with Gasteiger partial charge in [0.1, 0.15) is 5.76 Å². The third kappa shape index (κ3) is 3.53. The first-order valence-electron chi connectivity index (χ1n) is 7.25. The number of amides is 1. The fourth-order valence-corrected chi connectivity index (χ4v) is 2.74. The molecule has 134 valence electrons. The normalized spacial score (nSPS) is 10.7. The molecular weight excluding hydrogens is 385 g/mol. The van der Waals surface area contributed by atoms with Crippen LogP contribution in [0.4, 0.5) is 11.5 Å². The van der Waals surface area contributed by atoms with Gasteiger partial charge in [-0.25, -0.2) is 0 Å². The van der Waals surface area contributed by atoms with Crippen LogP contribution < -0.4 is 5.32 Å². The summed E-state index contributed by atoms with van der Waals surface area (Å²) in [6.07, 6.45) is 1.43. The van der Waals surface area contributed by atoms with Crippen molar-refractivity contribution in [2.75, 3.05) is 5.32 Å². The number of nitrogens with one attached hydrogen (secondary N) is 1. The Balaban J connectivity index is 1.87. The highest BCUT2D eigenvalue weighted by Gasteiger charge is 2.23. The highest BCUT2D eigenvalue weighted by atomic mass is 35.5. The Morgan fingerprint density at radius 2 is 2.04 bits per heavy atom. The third-order valence-corrected chi connectivity index (χ3v) is 4.16. The Kier molecular flexibility index (Phi) is 4.92. The number of aryl methyl sites for hydroxylation is 1.